The second-order valence-electron chi connectivity index (χ2n) is 5.09. The molecule has 0 radical (unpaired) electrons. The van der Waals surface area contributed by atoms with E-state index in [9.17, 15) is 4.39 Å². The molecule has 0 aliphatic carbocycles. The van der Waals surface area contributed by atoms with Crippen LogP contribution in [0.2, 0.25) is 0 Å². The van der Waals surface area contributed by atoms with E-state index in [-0.39, 0.29) is 17.3 Å². The van der Waals surface area contributed by atoms with Crippen molar-refractivity contribution in [3.8, 4) is 0 Å². The van der Waals surface area contributed by atoms with Gasteiger partial charge in [0.25, 0.3) is 0 Å². The molecular weight excluding hydrogens is 225 g/mol. The van der Waals surface area contributed by atoms with Gasteiger partial charge >= 0.3 is 0 Å². The molecule has 0 amide bonds. The second-order valence-corrected chi connectivity index (χ2v) is 5.09. The number of hydrogen-bond acceptors (Lipinski definition) is 1. The fourth-order valence-electron chi connectivity index (χ4n) is 2.16. The Kier molecular flexibility index (Phi) is 3.48. The zero-order valence-electron chi connectivity index (χ0n) is 10.7. The Morgan fingerprint density at radius 3 is 2.11 bits per heavy atom. The molecule has 18 heavy (non-hydrogen) atoms. The Balaban J connectivity index is 2.39. The van der Waals surface area contributed by atoms with E-state index in [4.69, 9.17) is 5.73 Å². The molecule has 0 spiro atoms. The maximum atomic E-state index is 13.8. The van der Waals surface area contributed by atoms with Crippen LogP contribution >= 0.6 is 0 Å². The average Bonchev–Trinajstić information content (AvgIpc) is 2.39. The van der Waals surface area contributed by atoms with Crippen LogP contribution in [0, 0.1) is 5.82 Å². The van der Waals surface area contributed by atoms with Gasteiger partial charge in [0.2, 0.25) is 0 Å². The SMILES string of the molecule is CC(C)(c1ccccc1)C(N)c1ccccc1F. The quantitative estimate of drug-likeness (QED) is 0.871. The van der Waals surface area contributed by atoms with Gasteiger partial charge in [0.05, 0.1) is 0 Å². The summed E-state index contributed by atoms with van der Waals surface area (Å²) in [6.45, 7) is 4.08. The van der Waals surface area contributed by atoms with Gasteiger partial charge in [0.1, 0.15) is 5.82 Å². The van der Waals surface area contributed by atoms with Gasteiger partial charge in [-0.3, -0.25) is 0 Å². The second kappa shape index (κ2) is 4.91. The van der Waals surface area contributed by atoms with Gasteiger partial charge < -0.3 is 5.73 Å². The van der Waals surface area contributed by atoms with Crippen molar-refractivity contribution in [3.05, 3.63) is 71.5 Å². The molecule has 1 unspecified atom stereocenters. The summed E-state index contributed by atoms with van der Waals surface area (Å²) in [4.78, 5) is 0. The smallest absolute Gasteiger partial charge is 0.128 e. The van der Waals surface area contributed by atoms with E-state index in [1.807, 2.05) is 50.2 Å². The van der Waals surface area contributed by atoms with Crippen LogP contribution in [0.15, 0.2) is 54.6 Å². The Bertz CT molecular complexity index is 520. The van der Waals surface area contributed by atoms with Crippen LogP contribution in [0.4, 0.5) is 4.39 Å². The topological polar surface area (TPSA) is 26.0 Å². The number of hydrogen-bond donors (Lipinski definition) is 1. The van der Waals surface area contributed by atoms with Gasteiger partial charge in [-0.25, -0.2) is 4.39 Å². The number of nitrogens with two attached hydrogens (primary N) is 1. The summed E-state index contributed by atoms with van der Waals surface area (Å²) in [5.41, 5.74) is 7.62. The third-order valence-corrected chi connectivity index (χ3v) is 3.54. The van der Waals surface area contributed by atoms with Gasteiger partial charge in [-0.1, -0.05) is 62.4 Å². The Labute approximate surface area is 107 Å². The van der Waals surface area contributed by atoms with E-state index in [0.29, 0.717) is 5.56 Å². The van der Waals surface area contributed by atoms with Crippen LogP contribution in [0.25, 0.3) is 0 Å². The molecule has 0 aliphatic heterocycles. The fourth-order valence-corrected chi connectivity index (χ4v) is 2.16. The monoisotopic (exact) mass is 243 g/mol. The highest BCUT2D eigenvalue weighted by atomic mass is 19.1. The first-order chi connectivity index (χ1) is 8.53. The highest BCUT2D eigenvalue weighted by Crippen LogP contribution is 2.35. The molecule has 2 aromatic rings. The average molecular weight is 243 g/mol. The van der Waals surface area contributed by atoms with Crippen LogP contribution in [0.3, 0.4) is 0 Å². The molecule has 2 rings (SSSR count). The van der Waals surface area contributed by atoms with Crippen LogP contribution in [0.5, 0.6) is 0 Å². The summed E-state index contributed by atoms with van der Waals surface area (Å²) >= 11 is 0. The molecule has 0 aromatic heterocycles. The normalized spacial score (nSPS) is 13.3. The Morgan fingerprint density at radius 2 is 1.50 bits per heavy atom. The molecule has 0 bridgehead atoms. The first-order valence-corrected chi connectivity index (χ1v) is 6.09. The zero-order chi connectivity index (χ0) is 13.2. The lowest BCUT2D eigenvalue weighted by molar-refractivity contribution is 0.407. The molecule has 94 valence electrons. The van der Waals surface area contributed by atoms with Crippen molar-refractivity contribution in [2.75, 3.05) is 0 Å². The van der Waals surface area contributed by atoms with Crippen LogP contribution in [-0.2, 0) is 5.41 Å². The van der Waals surface area contributed by atoms with Crippen molar-refractivity contribution < 1.29 is 4.39 Å². The van der Waals surface area contributed by atoms with Gasteiger partial charge in [-0.15, -0.1) is 0 Å². The van der Waals surface area contributed by atoms with E-state index in [1.54, 1.807) is 12.1 Å². The van der Waals surface area contributed by atoms with Crippen molar-refractivity contribution in [3.63, 3.8) is 0 Å². The zero-order valence-corrected chi connectivity index (χ0v) is 10.7. The Morgan fingerprint density at radius 1 is 0.944 bits per heavy atom. The summed E-state index contributed by atoms with van der Waals surface area (Å²) in [6, 6.07) is 16.3. The van der Waals surface area contributed by atoms with E-state index in [1.165, 1.54) is 6.07 Å². The molecule has 2 aromatic carbocycles. The van der Waals surface area contributed by atoms with E-state index in [0.717, 1.165) is 5.56 Å². The maximum absolute atomic E-state index is 13.8. The first kappa shape index (κ1) is 12.8. The van der Waals surface area contributed by atoms with Crippen LogP contribution < -0.4 is 5.73 Å². The van der Waals surface area contributed by atoms with E-state index in [2.05, 4.69) is 0 Å². The van der Waals surface area contributed by atoms with Gasteiger partial charge in [0.15, 0.2) is 0 Å². The van der Waals surface area contributed by atoms with Gasteiger partial charge in [0, 0.05) is 17.0 Å². The molecule has 0 saturated carbocycles. The highest BCUT2D eigenvalue weighted by Gasteiger charge is 2.30. The van der Waals surface area contributed by atoms with Crippen molar-refractivity contribution >= 4 is 0 Å². The minimum Gasteiger partial charge on any atom is -0.323 e. The van der Waals surface area contributed by atoms with Crippen molar-refractivity contribution in [2.45, 2.75) is 25.3 Å². The summed E-state index contributed by atoms with van der Waals surface area (Å²) in [6.07, 6.45) is 0. The van der Waals surface area contributed by atoms with Crippen LogP contribution in [0.1, 0.15) is 31.0 Å². The molecular formula is C16H18FN. The molecule has 0 heterocycles. The third kappa shape index (κ3) is 2.29. The molecule has 0 aliphatic rings. The lowest BCUT2D eigenvalue weighted by Gasteiger charge is -2.32. The van der Waals surface area contributed by atoms with Crippen molar-refractivity contribution in [2.24, 2.45) is 5.73 Å². The van der Waals surface area contributed by atoms with Crippen molar-refractivity contribution in [1.29, 1.82) is 0 Å². The molecule has 0 saturated heterocycles. The van der Waals surface area contributed by atoms with Gasteiger partial charge in [-0.05, 0) is 11.6 Å². The lowest BCUT2D eigenvalue weighted by Crippen LogP contribution is -2.33. The van der Waals surface area contributed by atoms with E-state index >= 15 is 0 Å². The fraction of sp³-hybridized carbons (Fsp3) is 0.250. The predicted molar refractivity (Wildman–Crippen MR) is 72.8 cm³/mol. The van der Waals surface area contributed by atoms with Crippen molar-refractivity contribution in [1.82, 2.24) is 0 Å². The highest BCUT2D eigenvalue weighted by molar-refractivity contribution is 5.32. The number of rotatable bonds is 3. The van der Waals surface area contributed by atoms with Crippen LogP contribution in [-0.4, -0.2) is 0 Å². The summed E-state index contributed by atoms with van der Waals surface area (Å²) in [5.74, 6) is -0.242. The first-order valence-electron chi connectivity index (χ1n) is 6.09. The minimum absolute atomic E-state index is 0.242. The number of halogens is 1. The molecule has 0 fully saturated rings. The summed E-state index contributed by atoms with van der Waals surface area (Å²) in [5, 5.41) is 0. The predicted octanol–water partition coefficient (Wildman–Crippen LogP) is 3.80. The van der Waals surface area contributed by atoms with E-state index < -0.39 is 0 Å². The molecule has 2 N–H and O–H groups in total. The molecule has 1 nitrogen and oxygen atoms in total. The molecule has 2 heteroatoms. The molecule has 1 atom stereocenters. The minimum atomic E-state index is -0.374. The number of benzene rings is 2. The standard InChI is InChI=1S/C16H18FN/c1-16(2,12-8-4-3-5-9-12)15(18)13-10-6-7-11-14(13)17/h3-11,15H,18H2,1-2H3. The summed E-state index contributed by atoms with van der Waals surface area (Å²) < 4.78 is 13.8. The summed E-state index contributed by atoms with van der Waals surface area (Å²) in [7, 11) is 0. The Hall–Kier alpha value is -1.67. The third-order valence-electron chi connectivity index (χ3n) is 3.54. The van der Waals surface area contributed by atoms with Gasteiger partial charge in [-0.2, -0.15) is 0 Å². The maximum Gasteiger partial charge on any atom is 0.128 e. The largest absolute Gasteiger partial charge is 0.323 e. The lowest BCUT2D eigenvalue weighted by atomic mass is 9.75.